The average molecular weight is 308 g/mol. The van der Waals surface area contributed by atoms with Gasteiger partial charge in [-0.2, -0.15) is 0 Å². The van der Waals surface area contributed by atoms with Crippen LogP contribution in [0.25, 0.3) is 0 Å². The Hall–Kier alpha value is 0.430. The third-order valence-corrected chi connectivity index (χ3v) is 3.61. The van der Waals surface area contributed by atoms with Crippen molar-refractivity contribution in [2.24, 2.45) is 0 Å². The zero-order valence-corrected chi connectivity index (χ0v) is 16.3. The Morgan fingerprint density at radius 3 is 1.52 bits per heavy atom. The SMILES string of the molecule is CCCCCCCCCCCCCCCOCC(=O)[O-].[Na+]. The van der Waals surface area contributed by atoms with Gasteiger partial charge in [0.2, 0.25) is 0 Å². The standard InChI is InChI=1S/C17H34O3.Na/c1-2-3-4-5-6-7-8-9-10-11-12-13-14-15-20-16-17(18)19;/h2-16H2,1H3,(H,18,19);/q;+1/p-1. The molecule has 0 bridgehead atoms. The van der Waals surface area contributed by atoms with E-state index in [1.165, 1.54) is 70.6 Å². The van der Waals surface area contributed by atoms with Gasteiger partial charge in [0.25, 0.3) is 0 Å². The van der Waals surface area contributed by atoms with Crippen LogP contribution in [0.5, 0.6) is 0 Å². The van der Waals surface area contributed by atoms with Crippen LogP contribution in [-0.2, 0) is 9.53 Å². The maximum absolute atomic E-state index is 10.1. The number of hydrogen-bond acceptors (Lipinski definition) is 3. The number of unbranched alkanes of at least 4 members (excludes halogenated alkanes) is 12. The van der Waals surface area contributed by atoms with E-state index in [1.54, 1.807) is 0 Å². The van der Waals surface area contributed by atoms with Crippen LogP contribution in [-0.4, -0.2) is 19.2 Å². The summed E-state index contributed by atoms with van der Waals surface area (Å²) in [5.74, 6) is -1.13. The molecule has 0 amide bonds. The van der Waals surface area contributed by atoms with E-state index < -0.39 is 5.97 Å². The Morgan fingerprint density at radius 1 is 0.762 bits per heavy atom. The van der Waals surface area contributed by atoms with Gasteiger partial charge >= 0.3 is 29.6 Å². The molecule has 0 spiro atoms. The van der Waals surface area contributed by atoms with Crippen LogP contribution in [0.15, 0.2) is 0 Å². The van der Waals surface area contributed by atoms with Crippen LogP contribution in [0.4, 0.5) is 0 Å². The van der Waals surface area contributed by atoms with Gasteiger partial charge in [-0.3, -0.25) is 0 Å². The first-order valence-electron chi connectivity index (χ1n) is 8.55. The van der Waals surface area contributed by atoms with Crippen LogP contribution in [0, 0.1) is 0 Å². The van der Waals surface area contributed by atoms with Crippen LogP contribution in [0.3, 0.4) is 0 Å². The topological polar surface area (TPSA) is 49.4 Å². The number of carboxylic acids is 1. The maximum Gasteiger partial charge on any atom is 1.00 e. The first-order valence-corrected chi connectivity index (χ1v) is 8.55. The molecule has 120 valence electrons. The predicted molar refractivity (Wildman–Crippen MR) is 81.5 cm³/mol. The van der Waals surface area contributed by atoms with Gasteiger partial charge < -0.3 is 14.6 Å². The van der Waals surface area contributed by atoms with Crippen molar-refractivity contribution in [2.45, 2.75) is 90.4 Å². The average Bonchev–Trinajstić information content (AvgIpc) is 2.43. The molecule has 0 radical (unpaired) electrons. The van der Waals surface area contributed by atoms with Crippen molar-refractivity contribution >= 4 is 5.97 Å². The number of hydrogen-bond donors (Lipinski definition) is 0. The van der Waals surface area contributed by atoms with Crippen molar-refractivity contribution in [3.05, 3.63) is 0 Å². The van der Waals surface area contributed by atoms with E-state index in [9.17, 15) is 9.90 Å². The van der Waals surface area contributed by atoms with Crippen molar-refractivity contribution in [3.63, 3.8) is 0 Å². The van der Waals surface area contributed by atoms with Gasteiger partial charge in [0.1, 0.15) is 0 Å². The summed E-state index contributed by atoms with van der Waals surface area (Å²) in [6.07, 6.45) is 17.1. The summed E-state index contributed by atoms with van der Waals surface area (Å²) in [7, 11) is 0. The van der Waals surface area contributed by atoms with Crippen molar-refractivity contribution < 1.29 is 44.2 Å². The molecule has 0 aromatic heterocycles. The molecule has 0 aromatic carbocycles. The monoisotopic (exact) mass is 308 g/mol. The third kappa shape index (κ3) is 22.8. The molecule has 21 heavy (non-hydrogen) atoms. The summed E-state index contributed by atoms with van der Waals surface area (Å²) in [6.45, 7) is 2.54. The number of carbonyl (C=O) groups is 1. The van der Waals surface area contributed by atoms with Crippen molar-refractivity contribution in [1.29, 1.82) is 0 Å². The van der Waals surface area contributed by atoms with Gasteiger partial charge in [-0.05, 0) is 6.42 Å². The number of carboxylic acid groups (broad SMARTS) is 1. The van der Waals surface area contributed by atoms with Crippen LogP contribution in [0.2, 0.25) is 0 Å². The molecule has 4 heteroatoms. The van der Waals surface area contributed by atoms with Crippen molar-refractivity contribution in [3.8, 4) is 0 Å². The summed E-state index contributed by atoms with van der Waals surface area (Å²) in [6, 6.07) is 0. The minimum Gasteiger partial charge on any atom is -0.548 e. The molecule has 0 fully saturated rings. The van der Waals surface area contributed by atoms with Gasteiger partial charge in [-0.1, -0.05) is 84.0 Å². The number of ether oxygens (including phenoxy) is 1. The van der Waals surface area contributed by atoms with E-state index in [-0.39, 0.29) is 36.2 Å². The van der Waals surface area contributed by atoms with E-state index in [1.807, 2.05) is 0 Å². The molecule has 0 aliphatic rings. The van der Waals surface area contributed by atoms with Gasteiger partial charge in [-0.25, -0.2) is 0 Å². The molecule has 3 nitrogen and oxygen atoms in total. The molecule has 0 rings (SSSR count). The summed E-state index contributed by atoms with van der Waals surface area (Å²) in [5, 5.41) is 10.1. The summed E-state index contributed by atoms with van der Waals surface area (Å²) in [4.78, 5) is 10.1. The van der Waals surface area contributed by atoms with E-state index in [0.29, 0.717) is 6.61 Å². The van der Waals surface area contributed by atoms with Crippen molar-refractivity contribution in [1.82, 2.24) is 0 Å². The minimum atomic E-state index is -1.13. The normalized spacial score (nSPS) is 10.3. The zero-order chi connectivity index (χ0) is 14.9. The Labute approximate surface area is 153 Å². The Bertz CT molecular complexity index is 210. The quantitative estimate of drug-likeness (QED) is 0.314. The fourth-order valence-electron chi connectivity index (χ4n) is 2.38. The maximum atomic E-state index is 10.1. The second-order valence-corrected chi connectivity index (χ2v) is 5.67. The number of aliphatic carboxylic acids is 1. The van der Waals surface area contributed by atoms with Crippen LogP contribution in [0.1, 0.15) is 90.4 Å². The zero-order valence-electron chi connectivity index (χ0n) is 14.3. The van der Waals surface area contributed by atoms with Crippen LogP contribution < -0.4 is 34.7 Å². The van der Waals surface area contributed by atoms with Gasteiger partial charge in [0.05, 0.1) is 12.6 Å². The molecule has 0 aliphatic heterocycles. The number of rotatable bonds is 16. The largest absolute Gasteiger partial charge is 1.00 e. The molecular weight excluding hydrogens is 275 g/mol. The molecule has 0 unspecified atom stereocenters. The fourth-order valence-corrected chi connectivity index (χ4v) is 2.38. The predicted octanol–water partition coefficient (Wildman–Crippen LogP) is 0.848. The van der Waals surface area contributed by atoms with Crippen LogP contribution >= 0.6 is 0 Å². The van der Waals surface area contributed by atoms with Crippen molar-refractivity contribution in [2.75, 3.05) is 13.2 Å². The van der Waals surface area contributed by atoms with Gasteiger partial charge in [0.15, 0.2) is 0 Å². The Kier molecular flexibility index (Phi) is 23.0. The minimum absolute atomic E-state index is 0. The van der Waals surface area contributed by atoms with E-state index >= 15 is 0 Å². The second-order valence-electron chi connectivity index (χ2n) is 5.67. The third-order valence-electron chi connectivity index (χ3n) is 3.61. The molecular formula is C17H33NaO3. The molecule has 0 aromatic rings. The Morgan fingerprint density at radius 2 is 1.14 bits per heavy atom. The summed E-state index contributed by atoms with van der Waals surface area (Å²) in [5.41, 5.74) is 0. The number of carbonyl (C=O) groups excluding carboxylic acids is 1. The molecule has 0 N–H and O–H groups in total. The molecule has 0 atom stereocenters. The first-order chi connectivity index (χ1) is 9.77. The first kappa shape index (κ1) is 23.7. The van der Waals surface area contributed by atoms with Gasteiger partial charge in [0, 0.05) is 6.61 Å². The van der Waals surface area contributed by atoms with E-state index in [2.05, 4.69) is 6.92 Å². The summed E-state index contributed by atoms with van der Waals surface area (Å²) >= 11 is 0. The molecule has 0 saturated heterocycles. The molecule has 0 aliphatic carbocycles. The van der Waals surface area contributed by atoms with Gasteiger partial charge in [-0.15, -0.1) is 0 Å². The summed E-state index contributed by atoms with van der Waals surface area (Å²) < 4.78 is 4.93. The molecule has 0 saturated carbocycles. The molecule has 0 heterocycles. The van der Waals surface area contributed by atoms with E-state index in [4.69, 9.17) is 4.74 Å². The smallest absolute Gasteiger partial charge is 0.548 e. The Balaban J connectivity index is 0. The van der Waals surface area contributed by atoms with E-state index in [0.717, 1.165) is 12.8 Å². The fraction of sp³-hybridized carbons (Fsp3) is 0.941. The second kappa shape index (κ2) is 20.4.